The van der Waals surface area contributed by atoms with Crippen molar-refractivity contribution in [3.05, 3.63) is 131 Å². The van der Waals surface area contributed by atoms with E-state index in [1.54, 1.807) is 30.3 Å². The highest BCUT2D eigenvalue weighted by atomic mass is 32.2. The third-order valence-electron chi connectivity index (χ3n) is 7.52. The molecule has 1 N–H and O–H groups in total. The van der Waals surface area contributed by atoms with Gasteiger partial charge >= 0.3 is 0 Å². The Labute approximate surface area is 261 Å². The fourth-order valence-corrected chi connectivity index (χ4v) is 6.56. The van der Waals surface area contributed by atoms with Gasteiger partial charge in [-0.15, -0.1) is 0 Å². The van der Waals surface area contributed by atoms with Crippen LogP contribution in [0.2, 0.25) is 0 Å². The third-order valence-corrected chi connectivity index (χ3v) is 9.30. The molecule has 0 heterocycles. The van der Waals surface area contributed by atoms with E-state index in [2.05, 4.69) is 19.2 Å². The van der Waals surface area contributed by atoms with Crippen LogP contribution in [0.25, 0.3) is 0 Å². The lowest BCUT2D eigenvalue weighted by molar-refractivity contribution is -0.140. The highest BCUT2D eigenvalue weighted by molar-refractivity contribution is 7.92. The maximum Gasteiger partial charge on any atom is 0.264 e. The van der Waals surface area contributed by atoms with Crippen LogP contribution >= 0.6 is 0 Å². The van der Waals surface area contributed by atoms with Gasteiger partial charge < -0.3 is 10.2 Å². The fraction of sp³-hybridized carbons (Fsp3) is 0.278. The molecular weight excluding hydrogens is 570 g/mol. The molecule has 1 unspecified atom stereocenters. The van der Waals surface area contributed by atoms with Crippen molar-refractivity contribution in [2.24, 2.45) is 0 Å². The summed E-state index contributed by atoms with van der Waals surface area (Å²) in [6.45, 7) is 7.99. The molecule has 230 valence electrons. The van der Waals surface area contributed by atoms with Crippen LogP contribution in [0.15, 0.2) is 114 Å². The maximum absolute atomic E-state index is 14.4. The first-order valence-corrected chi connectivity index (χ1v) is 16.4. The Balaban J connectivity index is 1.79. The normalized spacial score (nSPS) is 12.0. The Bertz CT molecular complexity index is 1640. The smallest absolute Gasteiger partial charge is 0.264 e. The Morgan fingerprint density at radius 3 is 2.00 bits per heavy atom. The number of benzene rings is 4. The van der Waals surface area contributed by atoms with Gasteiger partial charge in [-0.25, -0.2) is 8.42 Å². The summed E-state index contributed by atoms with van der Waals surface area (Å²) in [5.41, 5.74) is 4.19. The lowest BCUT2D eigenvalue weighted by atomic mass is 10.0. The molecule has 4 aromatic carbocycles. The summed E-state index contributed by atoms with van der Waals surface area (Å²) in [6.07, 6.45) is 0.277. The molecule has 1 atom stereocenters. The number of rotatable bonds is 13. The van der Waals surface area contributed by atoms with E-state index in [0.29, 0.717) is 12.2 Å². The number of nitrogens with one attached hydrogen (secondary N) is 1. The molecule has 0 fully saturated rings. The molecule has 0 bridgehead atoms. The van der Waals surface area contributed by atoms with Gasteiger partial charge in [-0.05, 0) is 60.7 Å². The molecule has 0 saturated heterocycles. The number of carbonyl (C=O) groups is 2. The van der Waals surface area contributed by atoms with Gasteiger partial charge in [0.2, 0.25) is 11.8 Å². The Morgan fingerprint density at radius 1 is 0.795 bits per heavy atom. The van der Waals surface area contributed by atoms with E-state index in [0.717, 1.165) is 26.6 Å². The van der Waals surface area contributed by atoms with Crippen molar-refractivity contribution in [3.63, 3.8) is 0 Å². The van der Waals surface area contributed by atoms with Gasteiger partial charge in [-0.2, -0.15) is 0 Å². The monoisotopic (exact) mass is 611 g/mol. The first-order valence-electron chi connectivity index (χ1n) is 14.9. The zero-order valence-corrected chi connectivity index (χ0v) is 26.6. The lowest BCUT2D eigenvalue weighted by Gasteiger charge is -2.34. The number of hydrogen-bond acceptors (Lipinski definition) is 4. The van der Waals surface area contributed by atoms with Crippen LogP contribution in [0.4, 0.5) is 5.69 Å². The second kappa shape index (κ2) is 14.8. The second-order valence-electron chi connectivity index (χ2n) is 11.2. The number of hydrogen-bond donors (Lipinski definition) is 1. The fourth-order valence-electron chi connectivity index (χ4n) is 5.13. The molecule has 0 radical (unpaired) electrons. The van der Waals surface area contributed by atoms with Crippen molar-refractivity contribution in [1.82, 2.24) is 10.2 Å². The summed E-state index contributed by atoms with van der Waals surface area (Å²) < 4.78 is 29.3. The van der Waals surface area contributed by atoms with Gasteiger partial charge in [0.25, 0.3) is 10.0 Å². The van der Waals surface area contributed by atoms with Gasteiger partial charge in [-0.1, -0.05) is 104 Å². The number of likely N-dealkylation sites (N-methyl/N-ethyl adjacent to an activating group) is 1. The van der Waals surface area contributed by atoms with Gasteiger partial charge in [0.05, 0.1) is 10.6 Å². The first-order chi connectivity index (χ1) is 21.1. The predicted molar refractivity (Wildman–Crippen MR) is 176 cm³/mol. The molecule has 0 spiro atoms. The van der Waals surface area contributed by atoms with Gasteiger partial charge in [0.1, 0.15) is 12.6 Å². The molecule has 4 aromatic rings. The molecule has 0 aliphatic rings. The molecule has 7 nitrogen and oxygen atoms in total. The Kier molecular flexibility index (Phi) is 11.0. The van der Waals surface area contributed by atoms with E-state index < -0.39 is 28.5 Å². The number of amides is 2. The minimum Gasteiger partial charge on any atom is -0.355 e. The number of nitrogens with zero attached hydrogens (tertiary/aromatic N) is 2. The van der Waals surface area contributed by atoms with Crippen LogP contribution in [-0.4, -0.2) is 44.3 Å². The van der Waals surface area contributed by atoms with E-state index in [1.807, 2.05) is 80.6 Å². The van der Waals surface area contributed by atoms with Crippen LogP contribution in [0.1, 0.15) is 48.9 Å². The topological polar surface area (TPSA) is 86.8 Å². The second-order valence-corrected chi connectivity index (χ2v) is 13.0. The SMILES string of the molecule is CCNC(=O)C(Cc1ccccc1)N(Cc1cccc(C)c1)C(=O)CN(c1ccc(C(C)C)cc1)S(=O)(=O)c1ccccc1. The Morgan fingerprint density at radius 2 is 1.41 bits per heavy atom. The number of carbonyl (C=O) groups excluding carboxylic acids is 2. The van der Waals surface area contributed by atoms with E-state index in [4.69, 9.17) is 0 Å². The lowest BCUT2D eigenvalue weighted by Crippen LogP contribution is -2.53. The van der Waals surface area contributed by atoms with Crippen LogP contribution in [0.5, 0.6) is 0 Å². The third kappa shape index (κ3) is 8.14. The molecule has 8 heteroatoms. The highest BCUT2D eigenvalue weighted by Crippen LogP contribution is 2.27. The molecule has 0 saturated carbocycles. The van der Waals surface area contributed by atoms with E-state index in [9.17, 15) is 18.0 Å². The highest BCUT2D eigenvalue weighted by Gasteiger charge is 2.34. The van der Waals surface area contributed by atoms with E-state index in [1.165, 1.54) is 17.0 Å². The molecular formula is C36H41N3O4S. The van der Waals surface area contributed by atoms with Crippen molar-refractivity contribution < 1.29 is 18.0 Å². The molecule has 2 amide bonds. The van der Waals surface area contributed by atoms with E-state index in [-0.39, 0.29) is 29.7 Å². The summed E-state index contributed by atoms with van der Waals surface area (Å²) in [6, 6.07) is 31.8. The minimum absolute atomic E-state index is 0.0792. The predicted octanol–water partition coefficient (Wildman–Crippen LogP) is 6.09. The van der Waals surface area contributed by atoms with Crippen LogP contribution in [0, 0.1) is 6.92 Å². The van der Waals surface area contributed by atoms with Gasteiger partial charge in [0.15, 0.2) is 0 Å². The summed E-state index contributed by atoms with van der Waals surface area (Å²) >= 11 is 0. The molecule has 4 rings (SSSR count). The first kappa shape index (κ1) is 32.5. The molecule has 0 aromatic heterocycles. The standard InChI is InChI=1S/C36H41N3O4S/c1-5-37-36(41)34(24-29-14-8-6-9-15-29)38(25-30-16-12-13-28(4)23-30)35(40)26-39(32-21-19-31(20-22-32)27(2)3)44(42,43)33-17-10-7-11-18-33/h6-23,27,34H,5,24-26H2,1-4H3,(H,37,41). The van der Waals surface area contributed by atoms with Gasteiger partial charge in [0, 0.05) is 19.5 Å². The van der Waals surface area contributed by atoms with E-state index >= 15 is 0 Å². The van der Waals surface area contributed by atoms with Crippen LogP contribution < -0.4 is 9.62 Å². The summed E-state index contributed by atoms with van der Waals surface area (Å²) in [7, 11) is -4.13. The summed E-state index contributed by atoms with van der Waals surface area (Å²) in [4.78, 5) is 29.6. The van der Waals surface area contributed by atoms with Crippen molar-refractivity contribution in [2.75, 3.05) is 17.4 Å². The number of sulfonamides is 1. The van der Waals surface area contributed by atoms with Crippen molar-refractivity contribution >= 4 is 27.5 Å². The minimum atomic E-state index is -4.13. The zero-order valence-electron chi connectivity index (χ0n) is 25.8. The molecule has 0 aliphatic carbocycles. The van der Waals surface area contributed by atoms with Crippen molar-refractivity contribution in [3.8, 4) is 0 Å². The quantitative estimate of drug-likeness (QED) is 0.198. The molecule has 44 heavy (non-hydrogen) atoms. The summed E-state index contributed by atoms with van der Waals surface area (Å²) in [5.74, 6) is -0.521. The van der Waals surface area contributed by atoms with Crippen molar-refractivity contribution in [1.29, 1.82) is 0 Å². The van der Waals surface area contributed by atoms with Crippen LogP contribution in [0.3, 0.4) is 0 Å². The van der Waals surface area contributed by atoms with Gasteiger partial charge in [-0.3, -0.25) is 13.9 Å². The average molecular weight is 612 g/mol. The molecule has 0 aliphatic heterocycles. The van der Waals surface area contributed by atoms with Crippen molar-refractivity contribution in [2.45, 2.75) is 57.5 Å². The average Bonchev–Trinajstić information content (AvgIpc) is 3.02. The number of aryl methyl sites for hydroxylation is 1. The Hall–Kier alpha value is -4.43. The zero-order chi connectivity index (χ0) is 31.7. The van der Waals surface area contributed by atoms with Crippen LogP contribution in [-0.2, 0) is 32.6 Å². The largest absolute Gasteiger partial charge is 0.355 e. The summed E-state index contributed by atoms with van der Waals surface area (Å²) in [5, 5.41) is 2.89. The number of anilines is 1. The maximum atomic E-state index is 14.4.